The highest BCUT2D eigenvalue weighted by molar-refractivity contribution is 7.98. The van der Waals surface area contributed by atoms with E-state index in [0.717, 1.165) is 10.5 Å². The molecular weight excluding hydrogens is 318 g/mol. The minimum Gasteiger partial charge on any atom is -0.295 e. The Morgan fingerprint density at radius 1 is 1.05 bits per heavy atom. The second-order valence-corrected chi connectivity index (χ2v) is 7.40. The Balaban J connectivity index is 2.08. The predicted molar refractivity (Wildman–Crippen MR) is 88.7 cm³/mol. The normalized spacial score (nSPS) is 11.4. The number of thioether (sulfide) groups is 1. The standard InChI is InChI=1S/C16H17NO3S2/c1-12(18)14-5-9-16(10-6-14)22(19,20)17-11-13-3-7-15(21-2)8-4-13/h3-10,17H,11H2,1-2H3. The van der Waals surface area contributed by atoms with Crippen molar-refractivity contribution < 1.29 is 13.2 Å². The third kappa shape index (κ3) is 4.19. The summed E-state index contributed by atoms with van der Waals surface area (Å²) < 4.78 is 27.0. The van der Waals surface area contributed by atoms with Crippen LogP contribution in [0.5, 0.6) is 0 Å². The zero-order chi connectivity index (χ0) is 16.2. The highest BCUT2D eigenvalue weighted by Gasteiger charge is 2.14. The fourth-order valence-electron chi connectivity index (χ4n) is 1.87. The summed E-state index contributed by atoms with van der Waals surface area (Å²) in [6, 6.07) is 13.6. The lowest BCUT2D eigenvalue weighted by molar-refractivity contribution is 0.101. The molecule has 0 radical (unpaired) electrons. The number of sulfonamides is 1. The van der Waals surface area contributed by atoms with Crippen molar-refractivity contribution in [3.63, 3.8) is 0 Å². The molecule has 2 rings (SSSR count). The summed E-state index contributed by atoms with van der Waals surface area (Å²) in [5.41, 5.74) is 1.38. The van der Waals surface area contributed by atoms with Crippen molar-refractivity contribution in [3.8, 4) is 0 Å². The summed E-state index contributed by atoms with van der Waals surface area (Å²) in [6.45, 7) is 1.67. The van der Waals surface area contributed by atoms with E-state index in [-0.39, 0.29) is 17.2 Å². The number of Topliss-reactive ketones (excluding diaryl/α,β-unsaturated/α-hetero) is 1. The average Bonchev–Trinajstić information content (AvgIpc) is 2.53. The molecule has 0 spiro atoms. The number of nitrogens with one attached hydrogen (secondary N) is 1. The van der Waals surface area contributed by atoms with Crippen LogP contribution in [-0.4, -0.2) is 20.5 Å². The number of carbonyl (C=O) groups is 1. The van der Waals surface area contributed by atoms with Crippen LogP contribution in [0.1, 0.15) is 22.8 Å². The van der Waals surface area contributed by atoms with E-state index in [4.69, 9.17) is 0 Å². The molecule has 0 saturated carbocycles. The van der Waals surface area contributed by atoms with Gasteiger partial charge in [0.2, 0.25) is 10.0 Å². The molecule has 0 amide bonds. The zero-order valence-electron chi connectivity index (χ0n) is 12.4. The van der Waals surface area contributed by atoms with E-state index in [1.165, 1.54) is 31.2 Å². The predicted octanol–water partition coefficient (Wildman–Crippen LogP) is 3.09. The monoisotopic (exact) mass is 335 g/mol. The number of ketones is 1. The minimum atomic E-state index is -3.58. The molecule has 0 saturated heterocycles. The summed E-state index contributed by atoms with van der Waals surface area (Å²) in [5, 5.41) is 0. The van der Waals surface area contributed by atoms with Gasteiger partial charge in [0.25, 0.3) is 0 Å². The first-order valence-electron chi connectivity index (χ1n) is 6.66. The van der Waals surface area contributed by atoms with Crippen molar-refractivity contribution in [2.45, 2.75) is 23.3 Å². The Labute approximate surface area is 135 Å². The average molecular weight is 335 g/mol. The molecule has 0 fully saturated rings. The van der Waals surface area contributed by atoms with E-state index in [2.05, 4.69) is 4.72 Å². The van der Waals surface area contributed by atoms with E-state index in [0.29, 0.717) is 5.56 Å². The molecule has 0 aliphatic carbocycles. The van der Waals surface area contributed by atoms with Crippen LogP contribution in [0, 0.1) is 0 Å². The minimum absolute atomic E-state index is 0.0919. The molecule has 0 aromatic heterocycles. The van der Waals surface area contributed by atoms with E-state index in [1.54, 1.807) is 11.8 Å². The Morgan fingerprint density at radius 2 is 1.64 bits per heavy atom. The highest BCUT2D eigenvalue weighted by Crippen LogP contribution is 2.16. The Hall–Kier alpha value is -1.63. The highest BCUT2D eigenvalue weighted by atomic mass is 32.2. The van der Waals surface area contributed by atoms with Gasteiger partial charge >= 0.3 is 0 Å². The Morgan fingerprint density at radius 3 is 2.14 bits per heavy atom. The fraction of sp³-hybridized carbons (Fsp3) is 0.188. The maximum absolute atomic E-state index is 12.2. The van der Waals surface area contributed by atoms with Crippen LogP contribution in [0.3, 0.4) is 0 Å². The molecular formula is C16H17NO3S2. The van der Waals surface area contributed by atoms with Crippen LogP contribution in [0.2, 0.25) is 0 Å². The topological polar surface area (TPSA) is 63.2 Å². The largest absolute Gasteiger partial charge is 0.295 e. The maximum Gasteiger partial charge on any atom is 0.240 e. The number of hydrogen-bond donors (Lipinski definition) is 1. The molecule has 2 aromatic rings. The molecule has 0 aliphatic rings. The lowest BCUT2D eigenvalue weighted by Gasteiger charge is -2.08. The smallest absolute Gasteiger partial charge is 0.240 e. The zero-order valence-corrected chi connectivity index (χ0v) is 14.0. The molecule has 0 unspecified atom stereocenters. The van der Waals surface area contributed by atoms with Gasteiger partial charge in [-0.3, -0.25) is 4.79 Å². The molecule has 22 heavy (non-hydrogen) atoms. The molecule has 0 aliphatic heterocycles. The summed E-state index contributed by atoms with van der Waals surface area (Å²) in [6.07, 6.45) is 1.99. The number of benzene rings is 2. The third-order valence-electron chi connectivity index (χ3n) is 3.20. The van der Waals surface area contributed by atoms with E-state index >= 15 is 0 Å². The van der Waals surface area contributed by atoms with Crippen molar-refractivity contribution in [2.24, 2.45) is 0 Å². The Bertz CT molecular complexity index is 751. The number of carbonyl (C=O) groups excluding carboxylic acids is 1. The first-order valence-corrected chi connectivity index (χ1v) is 9.37. The van der Waals surface area contributed by atoms with Crippen LogP contribution in [0.15, 0.2) is 58.3 Å². The van der Waals surface area contributed by atoms with Gasteiger partial charge in [0.1, 0.15) is 0 Å². The number of rotatable bonds is 6. The first kappa shape index (κ1) is 16.7. The molecule has 0 atom stereocenters. The van der Waals surface area contributed by atoms with Gasteiger partial charge in [-0.05, 0) is 43.0 Å². The summed E-state index contributed by atoms with van der Waals surface area (Å²) >= 11 is 1.64. The van der Waals surface area contributed by atoms with Crippen molar-refractivity contribution in [3.05, 3.63) is 59.7 Å². The van der Waals surface area contributed by atoms with Crippen LogP contribution >= 0.6 is 11.8 Å². The molecule has 6 heteroatoms. The molecule has 0 bridgehead atoms. The van der Waals surface area contributed by atoms with Crippen LogP contribution in [0.25, 0.3) is 0 Å². The van der Waals surface area contributed by atoms with Crippen LogP contribution in [0.4, 0.5) is 0 Å². The summed E-state index contributed by atoms with van der Waals surface area (Å²) in [7, 11) is -3.58. The van der Waals surface area contributed by atoms with Crippen molar-refractivity contribution >= 4 is 27.6 Å². The molecule has 4 nitrogen and oxygen atoms in total. The van der Waals surface area contributed by atoms with E-state index in [1.807, 2.05) is 30.5 Å². The fourth-order valence-corrected chi connectivity index (χ4v) is 3.30. The van der Waals surface area contributed by atoms with Gasteiger partial charge in [0.05, 0.1) is 4.90 Å². The second-order valence-electron chi connectivity index (χ2n) is 4.75. The molecule has 0 heterocycles. The van der Waals surface area contributed by atoms with Gasteiger partial charge in [-0.1, -0.05) is 24.3 Å². The van der Waals surface area contributed by atoms with Crippen molar-refractivity contribution in [2.75, 3.05) is 6.26 Å². The third-order valence-corrected chi connectivity index (χ3v) is 5.36. The van der Waals surface area contributed by atoms with Gasteiger partial charge in [0, 0.05) is 17.0 Å². The second kappa shape index (κ2) is 7.09. The molecule has 1 N–H and O–H groups in total. The van der Waals surface area contributed by atoms with E-state index in [9.17, 15) is 13.2 Å². The van der Waals surface area contributed by atoms with Gasteiger partial charge in [-0.15, -0.1) is 11.8 Å². The first-order chi connectivity index (χ1) is 10.4. The summed E-state index contributed by atoms with van der Waals surface area (Å²) in [4.78, 5) is 12.5. The maximum atomic E-state index is 12.2. The Kier molecular flexibility index (Phi) is 5.39. The molecule has 116 valence electrons. The summed E-state index contributed by atoms with van der Waals surface area (Å²) in [5.74, 6) is -0.0919. The van der Waals surface area contributed by atoms with Crippen LogP contribution in [-0.2, 0) is 16.6 Å². The van der Waals surface area contributed by atoms with Gasteiger partial charge in [0.15, 0.2) is 5.78 Å². The lowest BCUT2D eigenvalue weighted by Crippen LogP contribution is -2.23. The van der Waals surface area contributed by atoms with Gasteiger partial charge < -0.3 is 0 Å². The lowest BCUT2D eigenvalue weighted by atomic mass is 10.2. The van der Waals surface area contributed by atoms with Crippen molar-refractivity contribution in [1.82, 2.24) is 4.72 Å². The van der Waals surface area contributed by atoms with Crippen molar-refractivity contribution in [1.29, 1.82) is 0 Å². The number of hydrogen-bond acceptors (Lipinski definition) is 4. The quantitative estimate of drug-likeness (QED) is 0.651. The van der Waals surface area contributed by atoms with E-state index < -0.39 is 10.0 Å². The van der Waals surface area contributed by atoms with Gasteiger partial charge in [-0.25, -0.2) is 13.1 Å². The molecule has 2 aromatic carbocycles. The van der Waals surface area contributed by atoms with Crippen LogP contribution < -0.4 is 4.72 Å². The SMILES string of the molecule is CSc1ccc(CNS(=O)(=O)c2ccc(C(C)=O)cc2)cc1. The van der Waals surface area contributed by atoms with Gasteiger partial charge in [-0.2, -0.15) is 0 Å².